The first-order valence-electron chi connectivity index (χ1n) is 6.82. The highest BCUT2D eigenvalue weighted by Crippen LogP contribution is 2.22. The van der Waals surface area contributed by atoms with Crippen molar-refractivity contribution in [3.05, 3.63) is 24.3 Å². The number of aromatic nitrogens is 2. The molecule has 2 rings (SSSR count). The van der Waals surface area contributed by atoms with Gasteiger partial charge < -0.3 is 19.8 Å². The summed E-state index contributed by atoms with van der Waals surface area (Å²) >= 11 is 0. The average molecular weight is 276 g/mol. The molecule has 6 nitrogen and oxygen atoms in total. The highest BCUT2D eigenvalue weighted by Gasteiger charge is 2.12. The standard InChI is InChI=1S/C14H20N4O2/c1-3-18(4-2)14-16-13(20-17-14)11-5-7-12(8-6-11)15-9-10-19/h5-8,15,19H,3-4,9-10H2,1-2H3. The van der Waals surface area contributed by atoms with Crippen molar-refractivity contribution >= 4 is 11.6 Å². The van der Waals surface area contributed by atoms with Crippen LogP contribution < -0.4 is 10.2 Å². The number of nitrogens with one attached hydrogen (secondary N) is 1. The summed E-state index contributed by atoms with van der Waals surface area (Å²) in [6, 6.07) is 7.68. The fraction of sp³-hybridized carbons (Fsp3) is 0.429. The molecule has 0 unspecified atom stereocenters. The second-order valence-corrected chi connectivity index (χ2v) is 4.30. The van der Waals surface area contributed by atoms with Gasteiger partial charge in [0.1, 0.15) is 0 Å². The molecule has 0 saturated heterocycles. The minimum Gasteiger partial charge on any atom is -0.395 e. The third-order valence-corrected chi connectivity index (χ3v) is 3.03. The van der Waals surface area contributed by atoms with Crippen LogP contribution in [0.15, 0.2) is 28.8 Å². The minimum atomic E-state index is 0.110. The summed E-state index contributed by atoms with van der Waals surface area (Å²) < 4.78 is 5.29. The van der Waals surface area contributed by atoms with Gasteiger partial charge in [-0.15, -0.1) is 0 Å². The molecule has 0 bridgehead atoms. The van der Waals surface area contributed by atoms with Crippen LogP contribution in [0.4, 0.5) is 11.6 Å². The number of aliphatic hydroxyl groups excluding tert-OH is 1. The molecular weight excluding hydrogens is 256 g/mol. The minimum absolute atomic E-state index is 0.110. The van der Waals surface area contributed by atoms with Gasteiger partial charge in [0.15, 0.2) is 0 Å². The van der Waals surface area contributed by atoms with E-state index in [0.29, 0.717) is 18.4 Å². The molecule has 0 atom stereocenters. The van der Waals surface area contributed by atoms with Crippen LogP contribution >= 0.6 is 0 Å². The third-order valence-electron chi connectivity index (χ3n) is 3.03. The van der Waals surface area contributed by atoms with Gasteiger partial charge >= 0.3 is 0 Å². The number of hydrogen-bond donors (Lipinski definition) is 2. The van der Waals surface area contributed by atoms with Gasteiger partial charge in [0.25, 0.3) is 11.8 Å². The summed E-state index contributed by atoms with van der Waals surface area (Å²) in [4.78, 5) is 6.43. The summed E-state index contributed by atoms with van der Waals surface area (Å²) in [5.41, 5.74) is 1.83. The van der Waals surface area contributed by atoms with E-state index >= 15 is 0 Å². The molecule has 0 fully saturated rings. The molecular formula is C14H20N4O2. The molecule has 0 spiro atoms. The lowest BCUT2D eigenvalue weighted by atomic mass is 10.2. The number of benzene rings is 1. The number of aliphatic hydroxyl groups is 1. The zero-order valence-electron chi connectivity index (χ0n) is 11.8. The number of nitrogens with zero attached hydrogens (tertiary/aromatic N) is 3. The second-order valence-electron chi connectivity index (χ2n) is 4.30. The van der Waals surface area contributed by atoms with E-state index in [2.05, 4.69) is 29.3 Å². The smallest absolute Gasteiger partial charge is 0.266 e. The Bertz CT molecular complexity index is 520. The molecule has 0 aliphatic rings. The molecule has 2 aromatic rings. The molecule has 1 aromatic heterocycles. The Morgan fingerprint density at radius 3 is 2.50 bits per heavy atom. The Morgan fingerprint density at radius 1 is 1.20 bits per heavy atom. The topological polar surface area (TPSA) is 74.4 Å². The van der Waals surface area contributed by atoms with E-state index in [-0.39, 0.29) is 6.61 Å². The fourth-order valence-corrected chi connectivity index (χ4v) is 1.90. The van der Waals surface area contributed by atoms with Crippen molar-refractivity contribution in [3.8, 4) is 11.5 Å². The maximum absolute atomic E-state index is 8.76. The van der Waals surface area contributed by atoms with Gasteiger partial charge in [0, 0.05) is 30.9 Å². The van der Waals surface area contributed by atoms with Gasteiger partial charge in [0.2, 0.25) is 0 Å². The van der Waals surface area contributed by atoms with Gasteiger partial charge in [-0.05, 0) is 43.3 Å². The van der Waals surface area contributed by atoms with Crippen LogP contribution in [0.5, 0.6) is 0 Å². The summed E-state index contributed by atoms with van der Waals surface area (Å²) in [5, 5.41) is 15.8. The van der Waals surface area contributed by atoms with Crippen molar-refractivity contribution in [1.82, 2.24) is 10.1 Å². The Hall–Kier alpha value is -2.08. The van der Waals surface area contributed by atoms with Crippen molar-refractivity contribution in [1.29, 1.82) is 0 Å². The van der Waals surface area contributed by atoms with Crippen LogP contribution in [-0.4, -0.2) is 41.5 Å². The predicted molar refractivity (Wildman–Crippen MR) is 78.9 cm³/mol. The largest absolute Gasteiger partial charge is 0.395 e. The summed E-state index contributed by atoms with van der Waals surface area (Å²) in [5.74, 6) is 1.13. The Labute approximate surface area is 118 Å². The van der Waals surface area contributed by atoms with Crippen molar-refractivity contribution in [2.45, 2.75) is 13.8 Å². The highest BCUT2D eigenvalue weighted by atomic mass is 16.5. The molecule has 20 heavy (non-hydrogen) atoms. The maximum atomic E-state index is 8.76. The number of rotatable bonds is 7. The van der Waals surface area contributed by atoms with E-state index in [1.807, 2.05) is 29.2 Å². The van der Waals surface area contributed by atoms with Gasteiger partial charge in [-0.25, -0.2) is 0 Å². The number of anilines is 2. The zero-order valence-corrected chi connectivity index (χ0v) is 11.8. The summed E-state index contributed by atoms with van der Waals surface area (Å²) in [7, 11) is 0. The fourth-order valence-electron chi connectivity index (χ4n) is 1.90. The first-order chi connectivity index (χ1) is 9.78. The van der Waals surface area contributed by atoms with Gasteiger partial charge in [-0.1, -0.05) is 0 Å². The van der Waals surface area contributed by atoms with E-state index in [1.54, 1.807) is 0 Å². The van der Waals surface area contributed by atoms with Crippen LogP contribution in [0.3, 0.4) is 0 Å². The predicted octanol–water partition coefficient (Wildman–Crippen LogP) is 1.99. The van der Waals surface area contributed by atoms with E-state index < -0.39 is 0 Å². The molecule has 0 aliphatic heterocycles. The molecule has 0 saturated carbocycles. The van der Waals surface area contributed by atoms with Crippen LogP contribution in [0, 0.1) is 0 Å². The van der Waals surface area contributed by atoms with Crippen molar-refractivity contribution in [2.24, 2.45) is 0 Å². The lowest BCUT2D eigenvalue weighted by Crippen LogP contribution is -2.22. The monoisotopic (exact) mass is 276 g/mol. The third kappa shape index (κ3) is 3.27. The Morgan fingerprint density at radius 2 is 1.90 bits per heavy atom. The van der Waals surface area contributed by atoms with Crippen molar-refractivity contribution in [2.75, 3.05) is 36.5 Å². The van der Waals surface area contributed by atoms with Crippen molar-refractivity contribution in [3.63, 3.8) is 0 Å². The van der Waals surface area contributed by atoms with Crippen molar-refractivity contribution < 1.29 is 9.63 Å². The van der Waals surface area contributed by atoms with Gasteiger partial charge in [-0.2, -0.15) is 4.98 Å². The molecule has 1 aromatic carbocycles. The first-order valence-corrected chi connectivity index (χ1v) is 6.82. The second kappa shape index (κ2) is 6.91. The molecule has 1 heterocycles. The molecule has 2 N–H and O–H groups in total. The first kappa shape index (κ1) is 14.3. The highest BCUT2D eigenvalue weighted by molar-refractivity contribution is 5.59. The quantitative estimate of drug-likeness (QED) is 0.805. The Kier molecular flexibility index (Phi) is 4.95. The van der Waals surface area contributed by atoms with Gasteiger partial charge in [0.05, 0.1) is 6.61 Å². The number of hydrogen-bond acceptors (Lipinski definition) is 6. The lowest BCUT2D eigenvalue weighted by molar-refractivity contribution is 0.311. The molecule has 108 valence electrons. The summed E-state index contributed by atoms with van der Waals surface area (Å²) in [6.07, 6.45) is 0. The van der Waals surface area contributed by atoms with E-state index in [9.17, 15) is 0 Å². The maximum Gasteiger partial charge on any atom is 0.266 e. The lowest BCUT2D eigenvalue weighted by Gasteiger charge is -2.14. The van der Waals surface area contributed by atoms with Crippen LogP contribution in [0.25, 0.3) is 11.5 Å². The Balaban J connectivity index is 2.11. The molecule has 0 amide bonds. The molecule has 6 heteroatoms. The van der Waals surface area contributed by atoms with E-state index in [4.69, 9.17) is 9.63 Å². The van der Waals surface area contributed by atoms with E-state index in [1.165, 1.54) is 0 Å². The average Bonchev–Trinajstić information content (AvgIpc) is 2.97. The van der Waals surface area contributed by atoms with E-state index in [0.717, 1.165) is 24.3 Å². The summed E-state index contributed by atoms with van der Waals surface area (Å²) in [6.45, 7) is 6.45. The van der Waals surface area contributed by atoms with Crippen LogP contribution in [-0.2, 0) is 0 Å². The van der Waals surface area contributed by atoms with Crippen LogP contribution in [0.1, 0.15) is 13.8 Å². The molecule has 0 radical (unpaired) electrons. The normalized spacial score (nSPS) is 10.6. The van der Waals surface area contributed by atoms with Gasteiger partial charge in [-0.3, -0.25) is 0 Å². The SMILES string of the molecule is CCN(CC)c1noc(-c2ccc(NCCO)cc2)n1. The zero-order chi connectivity index (χ0) is 14.4. The van der Waals surface area contributed by atoms with Crippen LogP contribution in [0.2, 0.25) is 0 Å². The molecule has 0 aliphatic carbocycles.